The SMILES string of the molecule is CC(=NC1CCCNCC1)/C(=N\N)c1cc(OC(C)c2ccc(F)cc2)n2c(C#N)cnc2c1. The summed E-state index contributed by atoms with van der Waals surface area (Å²) in [7, 11) is 0. The third-order valence-electron chi connectivity index (χ3n) is 5.99. The molecule has 0 radical (unpaired) electrons. The molecule has 2 aromatic heterocycles. The lowest BCUT2D eigenvalue weighted by Gasteiger charge is -2.18. The predicted octanol–water partition coefficient (Wildman–Crippen LogP) is 3.75. The Morgan fingerprint density at radius 2 is 2.09 bits per heavy atom. The number of hydrogen-bond acceptors (Lipinski definition) is 7. The van der Waals surface area contributed by atoms with Crippen LogP contribution < -0.4 is 15.9 Å². The van der Waals surface area contributed by atoms with Gasteiger partial charge in [0.2, 0.25) is 5.88 Å². The van der Waals surface area contributed by atoms with Crippen LogP contribution in [0.4, 0.5) is 4.39 Å². The summed E-state index contributed by atoms with van der Waals surface area (Å²) in [6.07, 6.45) is 4.14. The number of aliphatic imine (C=N–C) groups is 1. The first kappa shape index (κ1) is 23.4. The van der Waals surface area contributed by atoms with Gasteiger partial charge in [0.1, 0.15) is 35.0 Å². The van der Waals surface area contributed by atoms with E-state index in [1.54, 1.807) is 22.6 Å². The average Bonchev–Trinajstić information content (AvgIpc) is 3.08. The standard InChI is InChI=1S/C25H28FN7O/c1-16(31-21-4-3-10-29-11-9-21)25(32-28)19-12-23-30-15-22(14-27)33(23)24(13-19)34-17(2)18-5-7-20(26)8-6-18/h5-8,12-13,15,17,21,29H,3-4,9-11,28H2,1-2H3/b31-16?,32-25+. The molecule has 4 rings (SSSR count). The Morgan fingerprint density at radius 1 is 1.29 bits per heavy atom. The normalized spacial score (nSPS) is 18.4. The van der Waals surface area contributed by atoms with Gasteiger partial charge >= 0.3 is 0 Å². The Bertz CT molecular complexity index is 1250. The highest BCUT2D eigenvalue weighted by Crippen LogP contribution is 2.26. The van der Waals surface area contributed by atoms with Crippen molar-refractivity contribution in [3.05, 3.63) is 65.2 Å². The quantitative estimate of drug-likeness (QED) is 0.330. The van der Waals surface area contributed by atoms with Crippen LogP contribution in [0, 0.1) is 17.1 Å². The molecule has 1 aliphatic heterocycles. The molecule has 1 aliphatic rings. The number of fused-ring (bicyclic) bond motifs is 1. The van der Waals surface area contributed by atoms with Gasteiger partial charge in [-0.1, -0.05) is 12.1 Å². The van der Waals surface area contributed by atoms with Crippen LogP contribution in [0.3, 0.4) is 0 Å². The van der Waals surface area contributed by atoms with Crippen LogP contribution in [0.1, 0.15) is 56.0 Å². The second kappa shape index (κ2) is 10.4. The van der Waals surface area contributed by atoms with Gasteiger partial charge < -0.3 is 15.9 Å². The monoisotopic (exact) mass is 461 g/mol. The third-order valence-corrected chi connectivity index (χ3v) is 5.99. The molecule has 2 unspecified atom stereocenters. The molecule has 34 heavy (non-hydrogen) atoms. The van der Waals surface area contributed by atoms with Crippen LogP contribution in [-0.2, 0) is 0 Å². The second-order valence-corrected chi connectivity index (χ2v) is 8.37. The minimum Gasteiger partial charge on any atom is -0.471 e. The molecule has 0 spiro atoms. The molecule has 0 amide bonds. The smallest absolute Gasteiger partial charge is 0.201 e. The van der Waals surface area contributed by atoms with Crippen LogP contribution in [-0.4, -0.2) is 39.9 Å². The van der Waals surface area contributed by atoms with Crippen LogP contribution >= 0.6 is 0 Å². The number of halogens is 1. The zero-order valence-corrected chi connectivity index (χ0v) is 19.3. The van der Waals surface area contributed by atoms with E-state index in [2.05, 4.69) is 21.5 Å². The van der Waals surface area contributed by atoms with Crippen molar-refractivity contribution in [1.29, 1.82) is 5.26 Å². The first-order valence-corrected chi connectivity index (χ1v) is 11.4. The molecular weight excluding hydrogens is 433 g/mol. The van der Waals surface area contributed by atoms with E-state index in [4.69, 9.17) is 15.6 Å². The van der Waals surface area contributed by atoms with E-state index in [9.17, 15) is 9.65 Å². The molecule has 3 aromatic rings. The van der Waals surface area contributed by atoms with E-state index in [0.717, 1.165) is 43.6 Å². The van der Waals surface area contributed by atoms with Gasteiger partial charge in [0.15, 0.2) is 0 Å². The Kier molecular flexibility index (Phi) is 7.18. The number of imidazole rings is 1. The molecule has 1 aromatic carbocycles. The van der Waals surface area contributed by atoms with Crippen LogP contribution in [0.5, 0.6) is 5.88 Å². The number of benzene rings is 1. The number of nitrogens with one attached hydrogen (secondary N) is 1. The average molecular weight is 462 g/mol. The fraction of sp³-hybridized carbons (Fsp3) is 0.360. The first-order chi connectivity index (χ1) is 16.5. The molecule has 3 heterocycles. The summed E-state index contributed by atoms with van der Waals surface area (Å²) < 4.78 is 21.2. The minimum atomic E-state index is -0.403. The number of aromatic nitrogens is 2. The molecule has 1 saturated heterocycles. The van der Waals surface area contributed by atoms with Crippen molar-refractivity contribution < 1.29 is 9.13 Å². The molecule has 2 atom stereocenters. The second-order valence-electron chi connectivity index (χ2n) is 8.37. The molecule has 3 N–H and O–H groups in total. The summed E-state index contributed by atoms with van der Waals surface area (Å²) in [5.41, 5.74) is 3.64. The van der Waals surface area contributed by atoms with Gasteiger partial charge in [-0.2, -0.15) is 10.4 Å². The van der Waals surface area contributed by atoms with E-state index in [1.165, 1.54) is 18.3 Å². The van der Waals surface area contributed by atoms with Crippen molar-refractivity contribution in [1.82, 2.24) is 14.7 Å². The number of nitrogens with two attached hydrogens (primary N) is 1. The summed E-state index contributed by atoms with van der Waals surface area (Å²) >= 11 is 0. The summed E-state index contributed by atoms with van der Waals surface area (Å²) in [5, 5.41) is 17.0. The maximum Gasteiger partial charge on any atom is 0.201 e. The molecule has 0 saturated carbocycles. The van der Waals surface area contributed by atoms with Crippen molar-refractivity contribution in [3.8, 4) is 11.9 Å². The van der Waals surface area contributed by atoms with E-state index in [1.807, 2.05) is 19.9 Å². The molecule has 176 valence electrons. The molecule has 0 aliphatic carbocycles. The molecule has 9 heteroatoms. The van der Waals surface area contributed by atoms with E-state index in [0.29, 0.717) is 28.5 Å². The lowest BCUT2D eigenvalue weighted by atomic mass is 10.1. The number of hydrogen-bond donors (Lipinski definition) is 2. The number of nitriles is 1. The summed E-state index contributed by atoms with van der Waals surface area (Å²) in [5.74, 6) is 5.91. The van der Waals surface area contributed by atoms with E-state index < -0.39 is 6.10 Å². The van der Waals surface area contributed by atoms with Crippen LogP contribution in [0.25, 0.3) is 5.65 Å². The van der Waals surface area contributed by atoms with Crippen molar-refractivity contribution >= 4 is 17.1 Å². The zero-order chi connectivity index (χ0) is 24.1. The van der Waals surface area contributed by atoms with Gasteiger partial charge in [-0.05, 0) is 70.0 Å². The van der Waals surface area contributed by atoms with E-state index >= 15 is 0 Å². The van der Waals surface area contributed by atoms with Gasteiger partial charge in [0, 0.05) is 11.6 Å². The lowest BCUT2D eigenvalue weighted by Crippen LogP contribution is -2.20. The Hall–Kier alpha value is -3.77. The van der Waals surface area contributed by atoms with Crippen molar-refractivity contribution in [2.45, 2.75) is 45.3 Å². The van der Waals surface area contributed by atoms with Gasteiger partial charge in [-0.3, -0.25) is 9.39 Å². The van der Waals surface area contributed by atoms with E-state index in [-0.39, 0.29) is 11.9 Å². The zero-order valence-electron chi connectivity index (χ0n) is 19.3. The fourth-order valence-corrected chi connectivity index (χ4v) is 4.20. The maximum absolute atomic E-state index is 13.4. The highest BCUT2D eigenvalue weighted by atomic mass is 19.1. The topological polar surface area (TPSA) is 113 Å². The Balaban J connectivity index is 1.71. The van der Waals surface area contributed by atoms with Gasteiger partial charge in [0.05, 0.1) is 18.0 Å². The fourth-order valence-electron chi connectivity index (χ4n) is 4.20. The minimum absolute atomic E-state index is 0.210. The van der Waals surface area contributed by atoms with Gasteiger partial charge in [0.25, 0.3) is 0 Å². The highest BCUT2D eigenvalue weighted by Gasteiger charge is 2.19. The predicted molar refractivity (Wildman–Crippen MR) is 130 cm³/mol. The highest BCUT2D eigenvalue weighted by molar-refractivity contribution is 6.47. The van der Waals surface area contributed by atoms with Crippen LogP contribution in [0.15, 0.2) is 52.7 Å². The van der Waals surface area contributed by atoms with Crippen LogP contribution in [0.2, 0.25) is 0 Å². The number of nitrogens with zero attached hydrogens (tertiary/aromatic N) is 5. The molecular formula is C25H28FN7O. The number of hydrazone groups is 1. The summed E-state index contributed by atoms with van der Waals surface area (Å²) in [6, 6.07) is 12.1. The lowest BCUT2D eigenvalue weighted by molar-refractivity contribution is 0.214. The molecule has 1 fully saturated rings. The van der Waals surface area contributed by atoms with Crippen molar-refractivity contribution in [2.75, 3.05) is 13.1 Å². The molecule has 8 nitrogen and oxygen atoms in total. The van der Waals surface area contributed by atoms with Crippen molar-refractivity contribution in [2.24, 2.45) is 15.9 Å². The summed E-state index contributed by atoms with van der Waals surface area (Å²) in [6.45, 7) is 5.71. The van der Waals surface area contributed by atoms with Gasteiger partial charge in [-0.25, -0.2) is 9.37 Å². The Morgan fingerprint density at radius 3 is 2.82 bits per heavy atom. The third kappa shape index (κ3) is 5.07. The first-order valence-electron chi connectivity index (χ1n) is 11.4. The number of ether oxygens (including phenoxy) is 1. The maximum atomic E-state index is 13.4. The molecule has 0 bridgehead atoms. The largest absolute Gasteiger partial charge is 0.471 e. The van der Waals surface area contributed by atoms with Crippen molar-refractivity contribution in [3.63, 3.8) is 0 Å². The summed E-state index contributed by atoms with van der Waals surface area (Å²) in [4.78, 5) is 9.27. The Labute approximate surface area is 198 Å². The number of pyridine rings is 1. The number of rotatable bonds is 6. The van der Waals surface area contributed by atoms with Gasteiger partial charge in [-0.15, -0.1) is 0 Å².